The number of para-hydroxylation sites is 2. The van der Waals surface area contributed by atoms with Gasteiger partial charge in [-0.2, -0.15) is 0 Å². The molecule has 1 aliphatic rings. The highest BCUT2D eigenvalue weighted by Crippen LogP contribution is 2.46. The van der Waals surface area contributed by atoms with Gasteiger partial charge in [-0.25, -0.2) is 18.1 Å². The Labute approximate surface area is 378 Å². The summed E-state index contributed by atoms with van der Waals surface area (Å²) in [5.41, 5.74) is 6.38. The van der Waals surface area contributed by atoms with Crippen LogP contribution in [0.4, 0.5) is 24.5 Å². The summed E-state index contributed by atoms with van der Waals surface area (Å²) < 4.78 is 81.3. The number of benzene rings is 4. The quantitative estimate of drug-likeness (QED) is 0.0540. The molecular weight excluding hydrogens is 876 g/mol. The summed E-state index contributed by atoms with van der Waals surface area (Å²) in [7, 11) is -3.99. The van der Waals surface area contributed by atoms with Crippen LogP contribution in [0.5, 0.6) is 23.1 Å². The van der Waals surface area contributed by atoms with Gasteiger partial charge in [0.25, 0.3) is 5.91 Å². The second-order valence-corrected chi connectivity index (χ2v) is 17.3. The number of nitrogens with one attached hydrogen (secondary N) is 4. The smallest absolute Gasteiger partial charge is 0.468 e. The molecule has 8 rings (SSSR count). The molecule has 66 heavy (non-hydrogen) atoms. The number of carbonyl (C=O) groups excluding carboxylic acids is 2. The van der Waals surface area contributed by atoms with Gasteiger partial charge in [0.1, 0.15) is 5.75 Å². The fourth-order valence-corrected chi connectivity index (χ4v) is 8.68. The number of rotatable bonds is 20. The van der Waals surface area contributed by atoms with Crippen molar-refractivity contribution in [3.63, 3.8) is 0 Å². The van der Waals surface area contributed by atoms with Gasteiger partial charge in [-0.3, -0.25) is 14.6 Å². The number of carbonyl (C=O) groups is 2. The number of sulfonamides is 1. The Hall–Kier alpha value is -7.18. The van der Waals surface area contributed by atoms with Crippen molar-refractivity contribution in [2.45, 2.75) is 56.3 Å². The van der Waals surface area contributed by atoms with Crippen LogP contribution in [0.1, 0.15) is 44.1 Å². The van der Waals surface area contributed by atoms with E-state index in [1.807, 2.05) is 71.8 Å². The molecule has 0 fully saturated rings. The van der Waals surface area contributed by atoms with Crippen LogP contribution in [0, 0.1) is 0 Å². The number of aromatic nitrogens is 3. The fourth-order valence-electron chi connectivity index (χ4n) is 7.61. The predicted molar refractivity (Wildman–Crippen MR) is 243 cm³/mol. The highest BCUT2D eigenvalue weighted by molar-refractivity contribution is 7.89. The second kappa shape index (κ2) is 20.3. The maximum atomic E-state index is 12.8. The number of alkyl halides is 3. The van der Waals surface area contributed by atoms with E-state index in [1.54, 1.807) is 18.5 Å². The number of H-pyrrole nitrogens is 1. The van der Waals surface area contributed by atoms with Gasteiger partial charge in [-0.15, -0.1) is 13.2 Å². The SMILES string of the molecule is O=C(CCCCCCNC(=O)COc1ccc(-c2ccc3c(c2)[nH]c2ccncc23)cn1)NCc1ccc2c(c1)Oc1ccccc1N2CCCNS(=O)(=O)c1ccc(OC(F)(F)F)cc1. The maximum absolute atomic E-state index is 12.8. The zero-order valence-electron chi connectivity index (χ0n) is 35.6. The van der Waals surface area contributed by atoms with Gasteiger partial charge in [-0.05, 0) is 97.1 Å². The highest BCUT2D eigenvalue weighted by Gasteiger charge is 2.31. The van der Waals surface area contributed by atoms with Crippen molar-refractivity contribution in [3.05, 3.63) is 127 Å². The van der Waals surface area contributed by atoms with Crippen LogP contribution in [-0.2, 0) is 26.2 Å². The molecule has 0 unspecified atom stereocenters. The molecule has 14 nitrogen and oxygen atoms in total. The van der Waals surface area contributed by atoms with Crippen LogP contribution in [0.2, 0.25) is 0 Å². The normalized spacial score (nSPS) is 12.3. The first-order chi connectivity index (χ1) is 31.9. The van der Waals surface area contributed by atoms with Gasteiger partial charge in [0, 0.05) is 84.6 Å². The number of aromatic amines is 1. The van der Waals surface area contributed by atoms with E-state index in [0.29, 0.717) is 56.3 Å². The summed E-state index contributed by atoms with van der Waals surface area (Å²) >= 11 is 0. The van der Waals surface area contributed by atoms with Gasteiger partial charge >= 0.3 is 6.36 Å². The molecule has 0 spiro atoms. The number of fused-ring (bicyclic) bond motifs is 5. The Morgan fingerprint density at radius 1 is 0.742 bits per heavy atom. The fraction of sp³-hybridized carbons (Fsp3) is 0.250. The van der Waals surface area contributed by atoms with E-state index in [1.165, 1.54) is 0 Å². The zero-order chi connectivity index (χ0) is 46.1. The van der Waals surface area contributed by atoms with E-state index in [2.05, 4.69) is 47.2 Å². The number of halogens is 3. The largest absolute Gasteiger partial charge is 0.573 e. The maximum Gasteiger partial charge on any atom is 0.573 e. The molecule has 4 aromatic carbocycles. The van der Waals surface area contributed by atoms with Crippen molar-refractivity contribution >= 4 is 55.0 Å². The van der Waals surface area contributed by atoms with Crippen molar-refractivity contribution < 1.29 is 45.4 Å². The van der Waals surface area contributed by atoms with E-state index in [9.17, 15) is 31.2 Å². The minimum absolute atomic E-state index is 0.0641. The third kappa shape index (κ3) is 11.5. The predicted octanol–water partition coefficient (Wildman–Crippen LogP) is 9.05. The molecule has 0 saturated carbocycles. The number of anilines is 2. The minimum atomic E-state index is -4.88. The summed E-state index contributed by atoms with van der Waals surface area (Å²) in [6.45, 7) is 1.14. The number of pyridine rings is 2. The Kier molecular flexibility index (Phi) is 14.0. The lowest BCUT2D eigenvalue weighted by Gasteiger charge is -2.33. The summed E-state index contributed by atoms with van der Waals surface area (Å²) in [6, 6.07) is 28.9. The molecule has 1 aliphatic heterocycles. The van der Waals surface area contributed by atoms with Crippen molar-refractivity contribution in [3.8, 4) is 34.3 Å². The molecule has 0 saturated heterocycles. The van der Waals surface area contributed by atoms with E-state index >= 15 is 0 Å². The molecule has 0 aliphatic carbocycles. The average Bonchev–Trinajstić information content (AvgIpc) is 3.68. The number of ether oxygens (including phenoxy) is 3. The Bertz CT molecular complexity index is 2930. The average molecular weight is 922 g/mol. The van der Waals surface area contributed by atoms with Crippen LogP contribution >= 0.6 is 0 Å². The van der Waals surface area contributed by atoms with Crippen LogP contribution in [0.25, 0.3) is 32.9 Å². The lowest BCUT2D eigenvalue weighted by atomic mass is 10.1. The molecule has 4 heterocycles. The second-order valence-electron chi connectivity index (χ2n) is 15.6. The summed E-state index contributed by atoms with van der Waals surface area (Å²) in [6.07, 6.45) is 4.36. The topological polar surface area (TPSA) is 177 Å². The van der Waals surface area contributed by atoms with Crippen molar-refractivity contribution in [1.82, 2.24) is 30.3 Å². The lowest BCUT2D eigenvalue weighted by molar-refractivity contribution is -0.274. The highest BCUT2D eigenvalue weighted by atomic mass is 32.2. The summed E-state index contributed by atoms with van der Waals surface area (Å²) in [4.78, 5) is 39.0. The monoisotopic (exact) mass is 921 g/mol. The molecule has 0 bridgehead atoms. The van der Waals surface area contributed by atoms with Crippen LogP contribution in [-0.4, -0.2) is 67.8 Å². The molecule has 3 aromatic heterocycles. The first kappa shape index (κ1) is 45.4. The van der Waals surface area contributed by atoms with Gasteiger partial charge in [-0.1, -0.05) is 43.2 Å². The molecule has 7 aromatic rings. The molecule has 342 valence electrons. The molecule has 2 amide bonds. The third-order valence-electron chi connectivity index (χ3n) is 10.9. The third-order valence-corrected chi connectivity index (χ3v) is 12.3. The van der Waals surface area contributed by atoms with E-state index in [0.717, 1.165) is 93.4 Å². The van der Waals surface area contributed by atoms with E-state index in [4.69, 9.17) is 9.47 Å². The number of amides is 2. The van der Waals surface area contributed by atoms with E-state index < -0.39 is 22.1 Å². The molecule has 0 radical (unpaired) electrons. The van der Waals surface area contributed by atoms with Gasteiger partial charge in [0.05, 0.1) is 16.3 Å². The molecule has 18 heteroatoms. The molecule has 0 atom stereocenters. The van der Waals surface area contributed by atoms with Gasteiger partial charge in [0.15, 0.2) is 18.1 Å². The number of hydrogen-bond acceptors (Lipinski definition) is 10. The number of unbranched alkanes of at least 4 members (excludes halogenated alkanes) is 3. The Morgan fingerprint density at radius 3 is 2.36 bits per heavy atom. The van der Waals surface area contributed by atoms with Gasteiger partial charge in [0.2, 0.25) is 21.8 Å². The molecule has 4 N–H and O–H groups in total. The van der Waals surface area contributed by atoms with Crippen LogP contribution in [0.3, 0.4) is 0 Å². The molecular formula is C48H46F3N7O7S. The standard InChI is InChI=1S/C48H46F3N7O7S/c49-48(50,51)65-35-14-16-36(17-15-35)66(61,62)56-23-7-25-58-41-8-4-5-9-43(41)64-44-26-32(11-19-42(44)58)28-54-45(59)10-3-1-2-6-22-53-46(60)31-63-47-20-13-34(29-55-47)33-12-18-37-38-30-52-24-21-39(38)57-40(37)27-33/h4-5,8-9,11-21,24,26-27,29-30,56-57H,1-3,6-7,10,22-23,25,28,31H2,(H,53,60)(H,54,59). The summed E-state index contributed by atoms with van der Waals surface area (Å²) in [5.74, 6) is 0.734. The van der Waals surface area contributed by atoms with Crippen LogP contribution < -0.4 is 34.5 Å². The van der Waals surface area contributed by atoms with E-state index in [-0.39, 0.29) is 29.9 Å². The number of nitrogens with zero attached hydrogens (tertiary/aromatic N) is 3. The first-order valence-corrected chi connectivity index (χ1v) is 22.9. The Balaban J connectivity index is 0.713. The van der Waals surface area contributed by atoms with Crippen molar-refractivity contribution in [1.29, 1.82) is 0 Å². The van der Waals surface area contributed by atoms with Gasteiger partial charge < -0.3 is 34.7 Å². The van der Waals surface area contributed by atoms with Crippen molar-refractivity contribution in [2.75, 3.05) is 31.1 Å². The summed E-state index contributed by atoms with van der Waals surface area (Å²) in [5, 5.41) is 8.02. The zero-order valence-corrected chi connectivity index (χ0v) is 36.4. The first-order valence-electron chi connectivity index (χ1n) is 21.4. The lowest BCUT2D eigenvalue weighted by Crippen LogP contribution is -2.29. The van der Waals surface area contributed by atoms with Crippen molar-refractivity contribution in [2.24, 2.45) is 0 Å². The number of hydrogen-bond donors (Lipinski definition) is 4. The van der Waals surface area contributed by atoms with Crippen LogP contribution in [0.15, 0.2) is 127 Å². The Morgan fingerprint density at radius 2 is 1.55 bits per heavy atom. The minimum Gasteiger partial charge on any atom is -0.468 e.